The van der Waals surface area contributed by atoms with Crippen LogP contribution >= 0.6 is 0 Å². The van der Waals surface area contributed by atoms with Crippen LogP contribution in [0.5, 0.6) is 0 Å². The molecule has 0 amide bonds. The Labute approximate surface area is 142 Å². The quantitative estimate of drug-likeness (QED) is 0.666. The lowest BCUT2D eigenvalue weighted by Gasteiger charge is -2.22. The molecule has 6 heteroatoms. The van der Waals surface area contributed by atoms with Crippen LogP contribution in [0, 0.1) is 6.92 Å². The van der Waals surface area contributed by atoms with E-state index >= 15 is 0 Å². The van der Waals surface area contributed by atoms with E-state index in [4.69, 9.17) is 5.73 Å². The maximum Gasteiger partial charge on any atom is 0.222 e. The Morgan fingerprint density at radius 3 is 2.71 bits per heavy atom. The molecule has 1 unspecified atom stereocenters. The lowest BCUT2D eigenvalue weighted by Crippen LogP contribution is -2.18. The van der Waals surface area contributed by atoms with Crippen LogP contribution in [0.15, 0.2) is 24.3 Å². The first-order chi connectivity index (χ1) is 11.7. The van der Waals surface area contributed by atoms with Crippen LogP contribution in [0.2, 0.25) is 0 Å². The monoisotopic (exact) mass is 327 g/mol. The summed E-state index contributed by atoms with van der Waals surface area (Å²) in [5.74, 6) is 1.09. The summed E-state index contributed by atoms with van der Waals surface area (Å²) < 4.78 is 0. The molecule has 2 aromatic rings. The Balaban J connectivity index is 1.92. The van der Waals surface area contributed by atoms with Crippen molar-refractivity contribution < 1.29 is 5.11 Å². The number of aryl methyl sites for hydroxylation is 1. The van der Waals surface area contributed by atoms with Gasteiger partial charge >= 0.3 is 0 Å². The van der Waals surface area contributed by atoms with Gasteiger partial charge in [-0.15, -0.1) is 0 Å². The molecule has 1 aromatic heterocycles. The Morgan fingerprint density at radius 2 is 1.96 bits per heavy atom. The van der Waals surface area contributed by atoms with E-state index in [2.05, 4.69) is 51.8 Å². The molecule has 0 aliphatic carbocycles. The van der Waals surface area contributed by atoms with Crippen molar-refractivity contribution in [2.45, 2.75) is 32.2 Å². The number of anilines is 2. The van der Waals surface area contributed by atoms with Crippen LogP contribution in [0.1, 0.15) is 34.8 Å². The number of nitrogen functional groups attached to an aromatic ring is 1. The van der Waals surface area contributed by atoms with Crippen LogP contribution in [-0.4, -0.2) is 34.8 Å². The van der Waals surface area contributed by atoms with Crippen molar-refractivity contribution in [2.75, 3.05) is 30.7 Å². The maximum absolute atomic E-state index is 9.46. The van der Waals surface area contributed by atoms with E-state index in [0.29, 0.717) is 12.4 Å². The van der Waals surface area contributed by atoms with Gasteiger partial charge in [0.2, 0.25) is 5.95 Å². The Hall–Kier alpha value is -2.18. The number of hydrogen-bond acceptors (Lipinski definition) is 6. The van der Waals surface area contributed by atoms with E-state index in [1.165, 1.54) is 5.56 Å². The van der Waals surface area contributed by atoms with E-state index in [1.807, 2.05) is 0 Å². The molecule has 6 nitrogen and oxygen atoms in total. The number of nitrogens with two attached hydrogens (primary N) is 1. The van der Waals surface area contributed by atoms with Gasteiger partial charge in [0.05, 0.1) is 11.7 Å². The van der Waals surface area contributed by atoms with E-state index in [-0.39, 0.29) is 12.6 Å². The molecular formula is C18H25N5O. The van der Waals surface area contributed by atoms with Gasteiger partial charge in [0.15, 0.2) is 0 Å². The highest BCUT2D eigenvalue weighted by Gasteiger charge is 2.19. The van der Waals surface area contributed by atoms with Crippen LogP contribution in [-0.2, 0) is 12.8 Å². The third kappa shape index (κ3) is 3.83. The predicted molar refractivity (Wildman–Crippen MR) is 96.0 cm³/mol. The summed E-state index contributed by atoms with van der Waals surface area (Å²) in [6, 6.07) is 8.34. The largest absolute Gasteiger partial charge is 0.396 e. The number of benzene rings is 1. The van der Waals surface area contributed by atoms with Crippen molar-refractivity contribution in [2.24, 2.45) is 0 Å². The number of rotatable bonds is 5. The Kier molecular flexibility index (Phi) is 5.27. The molecule has 0 radical (unpaired) electrons. The third-order valence-electron chi connectivity index (χ3n) is 4.41. The fourth-order valence-corrected chi connectivity index (χ4v) is 3.10. The number of aliphatic hydroxyl groups is 1. The van der Waals surface area contributed by atoms with Crippen LogP contribution in [0.4, 0.5) is 11.8 Å². The molecule has 1 aliphatic heterocycles. The lowest BCUT2D eigenvalue weighted by molar-refractivity contribution is 0.280. The van der Waals surface area contributed by atoms with E-state index < -0.39 is 0 Å². The second-order valence-electron chi connectivity index (χ2n) is 6.23. The average molecular weight is 327 g/mol. The number of fused-ring (bicyclic) bond motifs is 1. The topological polar surface area (TPSA) is 96.1 Å². The van der Waals surface area contributed by atoms with Gasteiger partial charge in [0.1, 0.15) is 5.82 Å². The summed E-state index contributed by atoms with van der Waals surface area (Å²) in [4.78, 5) is 8.85. The van der Waals surface area contributed by atoms with Gasteiger partial charge in [-0.05, 0) is 31.9 Å². The summed E-state index contributed by atoms with van der Waals surface area (Å²) in [5, 5.41) is 16.3. The highest BCUT2D eigenvalue weighted by molar-refractivity contribution is 5.52. The maximum atomic E-state index is 9.46. The second kappa shape index (κ2) is 7.59. The minimum Gasteiger partial charge on any atom is -0.396 e. The molecule has 0 saturated carbocycles. The summed E-state index contributed by atoms with van der Waals surface area (Å²) >= 11 is 0. The summed E-state index contributed by atoms with van der Waals surface area (Å²) in [7, 11) is 0. The first-order valence-corrected chi connectivity index (χ1v) is 8.47. The highest BCUT2D eigenvalue weighted by Crippen LogP contribution is 2.27. The molecule has 128 valence electrons. The molecule has 5 N–H and O–H groups in total. The van der Waals surface area contributed by atoms with Crippen molar-refractivity contribution in [1.82, 2.24) is 15.3 Å². The zero-order chi connectivity index (χ0) is 16.9. The van der Waals surface area contributed by atoms with Gasteiger partial charge < -0.3 is 21.5 Å². The minimum absolute atomic E-state index is 0.00906. The first-order valence-electron chi connectivity index (χ1n) is 8.47. The van der Waals surface area contributed by atoms with Crippen molar-refractivity contribution in [1.29, 1.82) is 0 Å². The number of aliphatic hydroxyl groups excluding tert-OH is 1. The van der Waals surface area contributed by atoms with E-state index in [1.54, 1.807) is 0 Å². The molecule has 1 aromatic carbocycles. The molecule has 1 atom stereocenters. The first kappa shape index (κ1) is 16.7. The summed E-state index contributed by atoms with van der Waals surface area (Å²) in [6.45, 7) is 3.98. The zero-order valence-electron chi connectivity index (χ0n) is 14.0. The van der Waals surface area contributed by atoms with E-state index in [9.17, 15) is 5.11 Å². The number of nitrogens with zero attached hydrogens (tertiary/aromatic N) is 2. The van der Waals surface area contributed by atoms with Crippen LogP contribution in [0.25, 0.3) is 0 Å². The molecule has 1 aliphatic rings. The predicted octanol–water partition coefficient (Wildman–Crippen LogP) is 1.59. The molecule has 0 fully saturated rings. The Morgan fingerprint density at radius 1 is 1.21 bits per heavy atom. The Bertz CT molecular complexity index is 687. The van der Waals surface area contributed by atoms with Crippen LogP contribution in [0.3, 0.4) is 0 Å². The molecule has 0 saturated heterocycles. The summed E-state index contributed by atoms with van der Waals surface area (Å²) in [6.07, 6.45) is 2.34. The standard InChI is InChI=1S/C18H25N5O/c1-12-2-4-13(5-3-12)15(8-11-24)21-17-14-6-9-20-10-7-16(14)22-18(19)23-17/h2-5,15,20,24H,6-11H2,1H3,(H3,19,21,22,23). The zero-order valence-corrected chi connectivity index (χ0v) is 14.0. The molecule has 0 bridgehead atoms. The van der Waals surface area contributed by atoms with Gasteiger partial charge in [0, 0.05) is 25.1 Å². The normalized spacial score (nSPS) is 15.4. The second-order valence-corrected chi connectivity index (χ2v) is 6.23. The number of hydrogen-bond donors (Lipinski definition) is 4. The SMILES string of the molecule is Cc1ccc(C(CCO)Nc2nc(N)nc3c2CCNCC3)cc1. The molecule has 3 rings (SSSR count). The lowest BCUT2D eigenvalue weighted by atomic mass is 10.0. The number of aromatic nitrogens is 2. The molecule has 0 spiro atoms. The van der Waals surface area contributed by atoms with Gasteiger partial charge in [-0.25, -0.2) is 4.98 Å². The summed E-state index contributed by atoms with van der Waals surface area (Å²) in [5.41, 5.74) is 10.4. The van der Waals surface area contributed by atoms with Crippen molar-refractivity contribution in [3.05, 3.63) is 46.6 Å². The van der Waals surface area contributed by atoms with Crippen molar-refractivity contribution in [3.8, 4) is 0 Å². The average Bonchev–Trinajstić information content (AvgIpc) is 2.80. The number of nitrogens with one attached hydrogen (secondary N) is 2. The van der Waals surface area contributed by atoms with E-state index in [0.717, 1.165) is 48.6 Å². The van der Waals surface area contributed by atoms with Crippen molar-refractivity contribution in [3.63, 3.8) is 0 Å². The van der Waals surface area contributed by atoms with Gasteiger partial charge in [-0.3, -0.25) is 0 Å². The third-order valence-corrected chi connectivity index (χ3v) is 4.41. The minimum atomic E-state index is -0.00906. The fourth-order valence-electron chi connectivity index (χ4n) is 3.10. The molecular weight excluding hydrogens is 302 g/mol. The van der Waals surface area contributed by atoms with Gasteiger partial charge in [-0.1, -0.05) is 29.8 Å². The highest BCUT2D eigenvalue weighted by atomic mass is 16.3. The van der Waals surface area contributed by atoms with Crippen LogP contribution < -0.4 is 16.4 Å². The molecule has 2 heterocycles. The van der Waals surface area contributed by atoms with Gasteiger partial charge in [0.25, 0.3) is 0 Å². The smallest absolute Gasteiger partial charge is 0.222 e. The molecule has 24 heavy (non-hydrogen) atoms. The fraction of sp³-hybridized carbons (Fsp3) is 0.444. The van der Waals surface area contributed by atoms with Gasteiger partial charge in [-0.2, -0.15) is 4.98 Å². The van der Waals surface area contributed by atoms with Crippen molar-refractivity contribution >= 4 is 11.8 Å².